The van der Waals surface area contributed by atoms with Gasteiger partial charge in [-0.3, -0.25) is 4.79 Å². The van der Waals surface area contributed by atoms with Crippen LogP contribution in [0.3, 0.4) is 0 Å². The molecule has 0 heterocycles. The van der Waals surface area contributed by atoms with Gasteiger partial charge in [0.2, 0.25) is 0 Å². The molecule has 1 aromatic rings. The molecular formula is C14H18N2O3. The molecule has 1 aliphatic carbocycles. The summed E-state index contributed by atoms with van der Waals surface area (Å²) in [6, 6.07) is 6.33. The number of nitrogens with one attached hydrogen (secondary N) is 2. The predicted octanol–water partition coefficient (Wildman–Crippen LogP) is 1.93. The topological polar surface area (TPSA) is 78.4 Å². The number of carbonyl (C=O) groups excluding carboxylic acids is 2. The van der Waals surface area contributed by atoms with Gasteiger partial charge in [0.05, 0.1) is 5.60 Å². The van der Waals surface area contributed by atoms with Crippen LogP contribution in [0.15, 0.2) is 24.3 Å². The average molecular weight is 262 g/mol. The molecule has 19 heavy (non-hydrogen) atoms. The van der Waals surface area contributed by atoms with E-state index in [0.29, 0.717) is 11.3 Å². The van der Waals surface area contributed by atoms with Crippen molar-refractivity contribution in [3.8, 4) is 0 Å². The molecule has 102 valence electrons. The van der Waals surface area contributed by atoms with Crippen LogP contribution in [0.5, 0.6) is 0 Å². The van der Waals surface area contributed by atoms with E-state index in [4.69, 9.17) is 0 Å². The van der Waals surface area contributed by atoms with E-state index in [-0.39, 0.29) is 18.4 Å². The lowest BCUT2D eigenvalue weighted by Gasteiger charge is -2.36. The van der Waals surface area contributed by atoms with E-state index >= 15 is 0 Å². The molecular weight excluding hydrogens is 244 g/mol. The van der Waals surface area contributed by atoms with Gasteiger partial charge in [-0.25, -0.2) is 4.79 Å². The number of anilines is 1. The number of amides is 2. The minimum Gasteiger partial charge on any atom is -0.388 e. The molecule has 3 N–H and O–H groups in total. The second kappa shape index (κ2) is 5.40. The first kappa shape index (κ1) is 13.5. The van der Waals surface area contributed by atoms with Crippen molar-refractivity contribution in [2.24, 2.45) is 0 Å². The maximum Gasteiger partial charge on any atom is 0.319 e. The molecule has 0 aliphatic heterocycles. The molecule has 0 bridgehead atoms. The minimum atomic E-state index is -0.726. The number of carbonyl (C=O) groups is 2. The van der Waals surface area contributed by atoms with Gasteiger partial charge in [0.15, 0.2) is 5.78 Å². The number of Topliss-reactive ketones (excluding diaryl/α,β-unsaturated/α-hetero) is 1. The van der Waals surface area contributed by atoms with Gasteiger partial charge in [-0.05, 0) is 50.5 Å². The number of aliphatic hydroxyl groups is 1. The summed E-state index contributed by atoms with van der Waals surface area (Å²) in [5.74, 6) is -0.0109. The molecule has 0 spiro atoms. The van der Waals surface area contributed by atoms with Crippen molar-refractivity contribution in [3.05, 3.63) is 29.8 Å². The molecule has 0 radical (unpaired) electrons. The molecule has 2 amide bonds. The Balaban J connectivity index is 1.83. The van der Waals surface area contributed by atoms with Gasteiger partial charge in [-0.2, -0.15) is 0 Å². The number of hydrogen-bond donors (Lipinski definition) is 3. The number of benzene rings is 1. The fraction of sp³-hybridized carbons (Fsp3) is 0.429. The van der Waals surface area contributed by atoms with Crippen molar-refractivity contribution in [3.63, 3.8) is 0 Å². The normalized spacial score (nSPS) is 16.3. The first-order valence-corrected chi connectivity index (χ1v) is 6.37. The maximum absolute atomic E-state index is 11.6. The van der Waals surface area contributed by atoms with E-state index in [1.54, 1.807) is 24.3 Å². The van der Waals surface area contributed by atoms with Crippen molar-refractivity contribution in [1.82, 2.24) is 5.32 Å². The van der Waals surface area contributed by atoms with Gasteiger partial charge in [-0.1, -0.05) is 0 Å². The van der Waals surface area contributed by atoms with Crippen LogP contribution in [0, 0.1) is 0 Å². The van der Waals surface area contributed by atoms with Crippen molar-refractivity contribution in [1.29, 1.82) is 0 Å². The first-order chi connectivity index (χ1) is 8.98. The molecule has 1 aliphatic rings. The Labute approximate surface area is 112 Å². The highest BCUT2D eigenvalue weighted by Crippen LogP contribution is 2.30. The molecule has 1 fully saturated rings. The summed E-state index contributed by atoms with van der Waals surface area (Å²) in [5.41, 5.74) is 0.494. The smallest absolute Gasteiger partial charge is 0.319 e. The molecule has 0 aromatic heterocycles. The lowest BCUT2D eigenvalue weighted by atomic mass is 9.80. The zero-order valence-corrected chi connectivity index (χ0v) is 10.9. The van der Waals surface area contributed by atoms with Gasteiger partial charge in [-0.15, -0.1) is 0 Å². The Hall–Kier alpha value is -1.88. The maximum atomic E-state index is 11.6. The Bertz CT molecular complexity index is 478. The summed E-state index contributed by atoms with van der Waals surface area (Å²) in [4.78, 5) is 22.7. The van der Waals surface area contributed by atoms with Crippen LogP contribution in [0.1, 0.15) is 36.5 Å². The van der Waals surface area contributed by atoms with Crippen LogP contribution in [0.4, 0.5) is 10.5 Å². The minimum absolute atomic E-state index is 0.0109. The standard InChI is InChI=1S/C14H18N2O3/c1-10(17)11-3-5-12(6-4-11)16-13(18)15-9-14(19)7-2-8-14/h3-6,19H,2,7-9H2,1H3,(H2,15,16,18). The SMILES string of the molecule is CC(=O)c1ccc(NC(=O)NCC2(O)CCC2)cc1. The lowest BCUT2D eigenvalue weighted by molar-refractivity contribution is -0.0287. The first-order valence-electron chi connectivity index (χ1n) is 6.37. The summed E-state index contributed by atoms with van der Waals surface area (Å²) in [6.07, 6.45) is 2.48. The van der Waals surface area contributed by atoms with E-state index < -0.39 is 5.60 Å². The third kappa shape index (κ3) is 3.54. The Morgan fingerprint density at radius 1 is 1.26 bits per heavy atom. The van der Waals surface area contributed by atoms with Crippen molar-refractivity contribution < 1.29 is 14.7 Å². The highest BCUT2D eigenvalue weighted by Gasteiger charge is 2.34. The van der Waals surface area contributed by atoms with E-state index in [1.165, 1.54) is 6.92 Å². The average Bonchev–Trinajstić information content (AvgIpc) is 2.35. The van der Waals surface area contributed by atoms with Gasteiger partial charge in [0.1, 0.15) is 0 Å². The molecule has 5 heteroatoms. The molecule has 0 saturated heterocycles. The third-order valence-corrected chi connectivity index (χ3v) is 3.41. The monoisotopic (exact) mass is 262 g/mol. The predicted molar refractivity (Wildman–Crippen MR) is 72.3 cm³/mol. The molecule has 0 atom stereocenters. The van der Waals surface area contributed by atoms with Crippen LogP contribution < -0.4 is 10.6 Å². The summed E-state index contributed by atoms with van der Waals surface area (Å²) in [6.45, 7) is 1.76. The van der Waals surface area contributed by atoms with Gasteiger partial charge in [0.25, 0.3) is 0 Å². The van der Waals surface area contributed by atoms with Crippen molar-refractivity contribution >= 4 is 17.5 Å². The molecule has 2 rings (SSSR count). The largest absolute Gasteiger partial charge is 0.388 e. The summed E-state index contributed by atoms with van der Waals surface area (Å²) in [7, 11) is 0. The second-order valence-corrected chi connectivity index (χ2v) is 5.02. The molecule has 0 unspecified atom stereocenters. The number of ketones is 1. The summed E-state index contributed by atoms with van der Waals surface area (Å²) >= 11 is 0. The summed E-state index contributed by atoms with van der Waals surface area (Å²) in [5, 5.41) is 15.1. The Morgan fingerprint density at radius 3 is 2.37 bits per heavy atom. The highest BCUT2D eigenvalue weighted by molar-refractivity contribution is 5.95. The zero-order valence-electron chi connectivity index (χ0n) is 10.9. The van der Waals surface area contributed by atoms with Crippen molar-refractivity contribution in [2.45, 2.75) is 31.8 Å². The van der Waals surface area contributed by atoms with Gasteiger partial charge < -0.3 is 15.7 Å². The number of rotatable bonds is 4. The third-order valence-electron chi connectivity index (χ3n) is 3.41. The quantitative estimate of drug-likeness (QED) is 0.725. The van der Waals surface area contributed by atoms with Crippen LogP contribution in [0.2, 0.25) is 0 Å². The van der Waals surface area contributed by atoms with Crippen LogP contribution in [-0.4, -0.2) is 29.1 Å². The van der Waals surface area contributed by atoms with Crippen LogP contribution in [0.25, 0.3) is 0 Å². The molecule has 5 nitrogen and oxygen atoms in total. The van der Waals surface area contributed by atoms with E-state index in [0.717, 1.165) is 19.3 Å². The van der Waals surface area contributed by atoms with E-state index in [9.17, 15) is 14.7 Å². The Kier molecular flexibility index (Phi) is 3.85. The fourth-order valence-electron chi connectivity index (χ4n) is 1.97. The zero-order chi connectivity index (χ0) is 13.9. The lowest BCUT2D eigenvalue weighted by Crippen LogP contribution is -2.48. The van der Waals surface area contributed by atoms with E-state index in [1.807, 2.05) is 0 Å². The second-order valence-electron chi connectivity index (χ2n) is 5.02. The number of urea groups is 1. The highest BCUT2D eigenvalue weighted by atomic mass is 16.3. The molecule has 1 aromatic carbocycles. The Morgan fingerprint density at radius 2 is 1.89 bits per heavy atom. The van der Waals surface area contributed by atoms with E-state index in [2.05, 4.69) is 10.6 Å². The number of hydrogen-bond acceptors (Lipinski definition) is 3. The summed E-state index contributed by atoms with van der Waals surface area (Å²) < 4.78 is 0. The van der Waals surface area contributed by atoms with Gasteiger partial charge in [0, 0.05) is 17.8 Å². The molecule has 1 saturated carbocycles. The van der Waals surface area contributed by atoms with Crippen LogP contribution >= 0.6 is 0 Å². The van der Waals surface area contributed by atoms with Crippen LogP contribution in [-0.2, 0) is 0 Å². The van der Waals surface area contributed by atoms with Gasteiger partial charge >= 0.3 is 6.03 Å². The fourth-order valence-corrected chi connectivity index (χ4v) is 1.97. The van der Waals surface area contributed by atoms with Crippen molar-refractivity contribution in [2.75, 3.05) is 11.9 Å².